The maximum absolute atomic E-state index is 11.5. The zero-order valence-corrected chi connectivity index (χ0v) is 11.3. The number of hydrogen-bond acceptors (Lipinski definition) is 4. The predicted octanol–water partition coefficient (Wildman–Crippen LogP) is 1.31. The van der Waals surface area contributed by atoms with Gasteiger partial charge in [-0.05, 0) is 44.0 Å². The number of benzene rings is 1. The maximum atomic E-state index is 11.5. The van der Waals surface area contributed by atoms with Gasteiger partial charge in [0.2, 0.25) is 5.91 Å². The van der Waals surface area contributed by atoms with Gasteiger partial charge in [-0.1, -0.05) is 0 Å². The number of aliphatic hydroxyl groups is 1. The molecule has 0 aromatic heterocycles. The van der Waals surface area contributed by atoms with Gasteiger partial charge in [-0.3, -0.25) is 4.79 Å². The number of rotatable bonds is 8. The summed E-state index contributed by atoms with van der Waals surface area (Å²) in [6.45, 7) is 2.67. The van der Waals surface area contributed by atoms with Crippen LogP contribution in [-0.2, 0) is 4.79 Å². The Labute approximate surface area is 113 Å². The molecule has 5 heteroatoms. The minimum absolute atomic E-state index is 0.0407. The molecule has 1 amide bonds. The van der Waals surface area contributed by atoms with Crippen LogP contribution in [0.3, 0.4) is 0 Å². The van der Waals surface area contributed by atoms with E-state index >= 15 is 0 Å². The lowest BCUT2D eigenvalue weighted by Crippen LogP contribution is -2.26. The van der Waals surface area contributed by atoms with Crippen molar-refractivity contribution in [2.45, 2.75) is 32.3 Å². The molecule has 106 valence electrons. The van der Waals surface area contributed by atoms with Crippen molar-refractivity contribution in [3.63, 3.8) is 0 Å². The smallest absolute Gasteiger partial charge is 0.223 e. The van der Waals surface area contributed by atoms with Gasteiger partial charge < -0.3 is 20.9 Å². The van der Waals surface area contributed by atoms with Gasteiger partial charge in [-0.15, -0.1) is 0 Å². The molecule has 0 saturated heterocycles. The third kappa shape index (κ3) is 7.31. The summed E-state index contributed by atoms with van der Waals surface area (Å²) in [6, 6.07) is 7.06. The first-order chi connectivity index (χ1) is 9.08. The normalized spacial score (nSPS) is 11.9. The topological polar surface area (TPSA) is 84.6 Å². The van der Waals surface area contributed by atoms with E-state index in [0.717, 1.165) is 6.42 Å². The zero-order chi connectivity index (χ0) is 14.1. The van der Waals surface area contributed by atoms with Crippen molar-refractivity contribution < 1.29 is 14.6 Å². The number of ether oxygens (including phenoxy) is 1. The minimum atomic E-state index is -0.314. The number of carbonyl (C=O) groups excluding carboxylic acids is 1. The summed E-state index contributed by atoms with van der Waals surface area (Å²) in [7, 11) is 0. The first-order valence-corrected chi connectivity index (χ1v) is 6.51. The molecule has 0 radical (unpaired) electrons. The van der Waals surface area contributed by atoms with Gasteiger partial charge in [0.15, 0.2) is 0 Å². The quantitative estimate of drug-likeness (QED) is 0.489. The van der Waals surface area contributed by atoms with E-state index in [9.17, 15) is 4.79 Å². The molecule has 1 unspecified atom stereocenters. The van der Waals surface area contributed by atoms with Gasteiger partial charge in [-0.25, -0.2) is 0 Å². The second kappa shape index (κ2) is 8.37. The van der Waals surface area contributed by atoms with Gasteiger partial charge >= 0.3 is 0 Å². The fourth-order valence-electron chi connectivity index (χ4n) is 1.54. The van der Waals surface area contributed by atoms with Crippen LogP contribution in [0.25, 0.3) is 0 Å². The Morgan fingerprint density at radius 3 is 2.74 bits per heavy atom. The second-order valence-corrected chi connectivity index (χ2v) is 4.51. The van der Waals surface area contributed by atoms with Crippen LogP contribution in [0.1, 0.15) is 26.2 Å². The van der Waals surface area contributed by atoms with E-state index < -0.39 is 0 Å². The predicted molar refractivity (Wildman–Crippen MR) is 74.9 cm³/mol. The number of nitrogen functional groups attached to an aromatic ring is 1. The minimum Gasteiger partial charge on any atom is -0.493 e. The van der Waals surface area contributed by atoms with Gasteiger partial charge in [0.25, 0.3) is 0 Å². The highest BCUT2D eigenvalue weighted by Gasteiger charge is 2.02. The fourth-order valence-corrected chi connectivity index (χ4v) is 1.54. The third-order valence-corrected chi connectivity index (χ3v) is 2.60. The molecule has 4 N–H and O–H groups in total. The van der Waals surface area contributed by atoms with E-state index in [-0.39, 0.29) is 12.0 Å². The molecule has 0 aliphatic heterocycles. The summed E-state index contributed by atoms with van der Waals surface area (Å²) in [5.74, 6) is 0.664. The van der Waals surface area contributed by atoms with Crippen molar-refractivity contribution in [1.82, 2.24) is 5.32 Å². The Balaban J connectivity index is 2.08. The van der Waals surface area contributed by atoms with Crippen LogP contribution in [0.4, 0.5) is 5.69 Å². The van der Waals surface area contributed by atoms with Gasteiger partial charge in [-0.2, -0.15) is 0 Å². The average molecular weight is 266 g/mol. The van der Waals surface area contributed by atoms with Crippen LogP contribution in [0.2, 0.25) is 0 Å². The molecule has 0 aliphatic carbocycles. The monoisotopic (exact) mass is 266 g/mol. The second-order valence-electron chi connectivity index (χ2n) is 4.51. The van der Waals surface area contributed by atoms with Crippen LogP contribution in [-0.4, -0.2) is 30.3 Å². The van der Waals surface area contributed by atoms with Crippen molar-refractivity contribution in [3.05, 3.63) is 24.3 Å². The molecule has 1 rings (SSSR count). The summed E-state index contributed by atoms with van der Waals surface area (Å²) < 4.78 is 5.42. The van der Waals surface area contributed by atoms with Crippen LogP contribution >= 0.6 is 0 Å². The van der Waals surface area contributed by atoms with E-state index in [1.165, 1.54) is 0 Å². The average Bonchev–Trinajstić information content (AvgIpc) is 2.37. The number of hydrogen-bond donors (Lipinski definition) is 3. The zero-order valence-electron chi connectivity index (χ0n) is 11.3. The number of nitrogens with two attached hydrogens (primary N) is 1. The third-order valence-electron chi connectivity index (χ3n) is 2.60. The summed E-state index contributed by atoms with van der Waals surface area (Å²) in [6.07, 6.45) is 1.48. The maximum Gasteiger partial charge on any atom is 0.223 e. The number of anilines is 1. The molecule has 0 spiro atoms. The SMILES string of the molecule is CC(O)CCCNC(=O)CCOc1ccc(N)cc1. The molecule has 19 heavy (non-hydrogen) atoms. The standard InChI is InChI=1S/C14H22N2O3/c1-11(17)3-2-9-16-14(18)8-10-19-13-6-4-12(15)5-7-13/h4-7,11,17H,2-3,8-10,15H2,1H3,(H,16,18). The first kappa shape index (κ1) is 15.3. The van der Waals surface area contributed by atoms with Crippen molar-refractivity contribution in [1.29, 1.82) is 0 Å². The fraction of sp³-hybridized carbons (Fsp3) is 0.500. The molecule has 0 fully saturated rings. The Hall–Kier alpha value is -1.75. The number of carbonyl (C=O) groups is 1. The van der Waals surface area contributed by atoms with E-state index in [4.69, 9.17) is 15.6 Å². The molecule has 1 aromatic carbocycles. The largest absolute Gasteiger partial charge is 0.493 e. The molecule has 0 saturated carbocycles. The Kier molecular flexibility index (Phi) is 6.74. The van der Waals surface area contributed by atoms with Crippen LogP contribution in [0.5, 0.6) is 5.75 Å². The van der Waals surface area contributed by atoms with E-state index in [1.54, 1.807) is 31.2 Å². The highest BCUT2D eigenvalue weighted by atomic mass is 16.5. The van der Waals surface area contributed by atoms with Gasteiger partial charge in [0.1, 0.15) is 5.75 Å². The Morgan fingerprint density at radius 1 is 1.42 bits per heavy atom. The highest BCUT2D eigenvalue weighted by Crippen LogP contribution is 2.12. The van der Waals surface area contributed by atoms with Crippen LogP contribution in [0, 0.1) is 0 Å². The van der Waals surface area contributed by atoms with E-state index in [1.807, 2.05) is 0 Å². The van der Waals surface area contributed by atoms with Gasteiger partial charge in [0.05, 0.1) is 19.1 Å². The lowest BCUT2D eigenvalue weighted by atomic mass is 10.2. The number of aliphatic hydroxyl groups excluding tert-OH is 1. The van der Waals surface area contributed by atoms with Crippen molar-refractivity contribution in [2.24, 2.45) is 0 Å². The van der Waals surface area contributed by atoms with Crippen molar-refractivity contribution >= 4 is 11.6 Å². The van der Waals surface area contributed by atoms with E-state index in [2.05, 4.69) is 5.32 Å². The van der Waals surface area contributed by atoms with Crippen LogP contribution < -0.4 is 15.8 Å². The summed E-state index contributed by atoms with van der Waals surface area (Å²) in [5.41, 5.74) is 6.24. The first-order valence-electron chi connectivity index (χ1n) is 6.51. The van der Waals surface area contributed by atoms with Crippen LogP contribution in [0.15, 0.2) is 24.3 Å². The molecule has 0 bridgehead atoms. The molecule has 1 aromatic rings. The van der Waals surface area contributed by atoms with Crippen molar-refractivity contribution in [3.8, 4) is 5.75 Å². The highest BCUT2D eigenvalue weighted by molar-refractivity contribution is 5.75. The molecule has 5 nitrogen and oxygen atoms in total. The van der Waals surface area contributed by atoms with E-state index in [0.29, 0.717) is 37.4 Å². The molecule has 0 aliphatic rings. The lowest BCUT2D eigenvalue weighted by Gasteiger charge is -2.08. The van der Waals surface area contributed by atoms with Gasteiger partial charge in [0, 0.05) is 12.2 Å². The summed E-state index contributed by atoms with van der Waals surface area (Å²) >= 11 is 0. The molecular weight excluding hydrogens is 244 g/mol. The lowest BCUT2D eigenvalue weighted by molar-refractivity contribution is -0.121. The molecular formula is C14H22N2O3. The summed E-state index contributed by atoms with van der Waals surface area (Å²) in [5, 5.41) is 11.8. The Morgan fingerprint density at radius 2 is 2.11 bits per heavy atom. The number of nitrogens with one attached hydrogen (secondary N) is 1. The Bertz CT molecular complexity index is 377. The molecule has 0 heterocycles. The molecule has 1 atom stereocenters. The summed E-state index contributed by atoms with van der Waals surface area (Å²) in [4.78, 5) is 11.5. The number of amides is 1. The van der Waals surface area contributed by atoms with Crippen molar-refractivity contribution in [2.75, 3.05) is 18.9 Å².